The number of nitrogens with one attached hydrogen (secondary N) is 1. The van der Waals surface area contributed by atoms with Crippen LogP contribution in [0.25, 0.3) is 0 Å². The smallest absolute Gasteiger partial charge is 0.243 e. The Morgan fingerprint density at radius 2 is 1.64 bits per heavy atom. The third-order valence-corrected chi connectivity index (χ3v) is 7.13. The van der Waals surface area contributed by atoms with Gasteiger partial charge in [-0.05, 0) is 59.9 Å². The Balaban J connectivity index is 1.64. The minimum Gasteiger partial charge on any atom is -0.493 e. The number of hydrogen-bond donors (Lipinski definition) is 1. The van der Waals surface area contributed by atoms with Crippen LogP contribution < -0.4 is 14.8 Å². The van der Waals surface area contributed by atoms with Crippen molar-refractivity contribution in [3.05, 3.63) is 47.0 Å². The Hall–Kier alpha value is -2.58. The number of benzene rings is 2. The van der Waals surface area contributed by atoms with E-state index in [1.807, 2.05) is 12.1 Å². The molecule has 0 bridgehead atoms. The number of amides is 1. The first-order valence-corrected chi connectivity index (χ1v) is 10.5. The van der Waals surface area contributed by atoms with Crippen molar-refractivity contribution in [1.29, 1.82) is 0 Å². The summed E-state index contributed by atoms with van der Waals surface area (Å²) in [5.74, 6) is 1.19. The maximum absolute atomic E-state index is 13.2. The number of rotatable bonds is 4. The molecule has 1 amide bonds. The molecule has 2 aliphatic rings. The molecule has 0 aromatic heterocycles. The molecule has 0 unspecified atom stereocenters. The summed E-state index contributed by atoms with van der Waals surface area (Å²) in [7, 11) is -0.490. The molecular formula is C20H22N2O5S. The molecule has 0 saturated heterocycles. The lowest BCUT2D eigenvalue weighted by atomic mass is 10.0. The quantitative estimate of drug-likeness (QED) is 0.849. The number of carbonyl (C=O) groups is 1. The van der Waals surface area contributed by atoms with E-state index in [0.717, 1.165) is 16.7 Å². The van der Waals surface area contributed by atoms with Crippen LogP contribution in [0.1, 0.15) is 23.1 Å². The molecule has 2 aromatic rings. The first-order valence-electron chi connectivity index (χ1n) is 9.09. The molecule has 28 heavy (non-hydrogen) atoms. The summed E-state index contributed by atoms with van der Waals surface area (Å²) in [6.45, 7) is 0.685. The molecule has 2 aromatic carbocycles. The Labute approximate surface area is 164 Å². The summed E-state index contributed by atoms with van der Waals surface area (Å²) in [5, 5.41) is 2.78. The summed E-state index contributed by atoms with van der Waals surface area (Å²) in [6.07, 6.45) is 1.52. The van der Waals surface area contributed by atoms with Crippen LogP contribution >= 0.6 is 0 Å². The maximum Gasteiger partial charge on any atom is 0.243 e. The van der Waals surface area contributed by atoms with Crippen LogP contribution in [0.4, 0.5) is 5.69 Å². The highest BCUT2D eigenvalue weighted by Crippen LogP contribution is 2.35. The zero-order valence-electron chi connectivity index (χ0n) is 15.8. The molecule has 0 fully saturated rings. The lowest BCUT2D eigenvalue weighted by Crippen LogP contribution is -2.36. The number of hydrogen-bond acceptors (Lipinski definition) is 5. The molecule has 0 aliphatic carbocycles. The van der Waals surface area contributed by atoms with Crippen LogP contribution in [0.3, 0.4) is 0 Å². The van der Waals surface area contributed by atoms with Crippen molar-refractivity contribution in [2.24, 2.45) is 0 Å². The van der Waals surface area contributed by atoms with E-state index in [1.54, 1.807) is 32.4 Å². The first kappa shape index (κ1) is 18.8. The molecule has 4 rings (SSSR count). The molecule has 1 N–H and O–H groups in total. The number of ether oxygens (including phenoxy) is 2. The van der Waals surface area contributed by atoms with Gasteiger partial charge in [0.25, 0.3) is 0 Å². The summed E-state index contributed by atoms with van der Waals surface area (Å²) in [4.78, 5) is 11.8. The lowest BCUT2D eigenvalue weighted by molar-refractivity contribution is -0.116. The zero-order valence-corrected chi connectivity index (χ0v) is 16.6. The SMILES string of the molecule is COc1cc2c(cc1OC)CN(S(=O)(=O)c1ccc3c(c1)CCC(=O)N3)CC2. The van der Waals surface area contributed by atoms with Gasteiger partial charge in [-0.3, -0.25) is 4.79 Å². The van der Waals surface area contributed by atoms with Crippen molar-refractivity contribution in [3.8, 4) is 11.5 Å². The molecule has 0 radical (unpaired) electrons. The average molecular weight is 402 g/mol. The predicted octanol–water partition coefficient (Wildman–Crippen LogP) is 2.34. The third-order valence-electron chi connectivity index (χ3n) is 5.29. The fraction of sp³-hybridized carbons (Fsp3) is 0.350. The predicted molar refractivity (Wildman–Crippen MR) is 104 cm³/mol. The van der Waals surface area contributed by atoms with Gasteiger partial charge >= 0.3 is 0 Å². The Bertz CT molecular complexity index is 1050. The van der Waals surface area contributed by atoms with Crippen LogP contribution in [-0.4, -0.2) is 39.4 Å². The van der Waals surface area contributed by atoms with Crippen LogP contribution in [0, 0.1) is 0 Å². The van der Waals surface area contributed by atoms with Crippen molar-refractivity contribution >= 4 is 21.6 Å². The van der Waals surface area contributed by atoms with Gasteiger partial charge in [-0.1, -0.05) is 0 Å². The maximum atomic E-state index is 13.2. The lowest BCUT2D eigenvalue weighted by Gasteiger charge is -2.29. The summed E-state index contributed by atoms with van der Waals surface area (Å²) >= 11 is 0. The van der Waals surface area contributed by atoms with Gasteiger partial charge in [0.1, 0.15) is 0 Å². The second kappa shape index (κ2) is 7.10. The zero-order chi connectivity index (χ0) is 19.9. The van der Waals surface area contributed by atoms with E-state index in [1.165, 1.54) is 4.31 Å². The number of aryl methyl sites for hydroxylation is 1. The Morgan fingerprint density at radius 1 is 0.929 bits per heavy atom. The molecule has 8 heteroatoms. The highest BCUT2D eigenvalue weighted by Gasteiger charge is 2.30. The number of carbonyl (C=O) groups excluding carboxylic acids is 1. The largest absolute Gasteiger partial charge is 0.493 e. The van der Waals surface area contributed by atoms with Gasteiger partial charge in [0.15, 0.2) is 11.5 Å². The second-order valence-electron chi connectivity index (χ2n) is 6.93. The fourth-order valence-corrected chi connectivity index (χ4v) is 5.20. The highest BCUT2D eigenvalue weighted by molar-refractivity contribution is 7.89. The van der Waals surface area contributed by atoms with Crippen molar-refractivity contribution < 1.29 is 22.7 Å². The van der Waals surface area contributed by atoms with Crippen molar-refractivity contribution in [1.82, 2.24) is 4.31 Å². The summed E-state index contributed by atoms with van der Waals surface area (Å²) < 4.78 is 38.6. The Kier molecular flexibility index (Phi) is 4.76. The topological polar surface area (TPSA) is 84.9 Å². The van der Waals surface area contributed by atoms with Gasteiger partial charge in [-0.2, -0.15) is 4.31 Å². The minimum absolute atomic E-state index is 0.0416. The van der Waals surface area contributed by atoms with Crippen LogP contribution in [0.2, 0.25) is 0 Å². The molecule has 0 saturated carbocycles. The van der Waals surface area contributed by atoms with E-state index in [9.17, 15) is 13.2 Å². The summed E-state index contributed by atoms with van der Waals surface area (Å²) in [5.41, 5.74) is 3.52. The highest BCUT2D eigenvalue weighted by atomic mass is 32.2. The molecule has 0 atom stereocenters. The summed E-state index contributed by atoms with van der Waals surface area (Å²) in [6, 6.07) is 8.67. The number of nitrogens with zero attached hydrogens (tertiary/aromatic N) is 1. The Morgan fingerprint density at radius 3 is 2.36 bits per heavy atom. The molecule has 2 heterocycles. The van der Waals surface area contributed by atoms with Gasteiger partial charge in [0.05, 0.1) is 19.1 Å². The van der Waals surface area contributed by atoms with E-state index >= 15 is 0 Å². The van der Waals surface area contributed by atoms with E-state index in [-0.39, 0.29) is 17.3 Å². The van der Waals surface area contributed by atoms with Crippen LogP contribution in [-0.2, 0) is 34.2 Å². The van der Waals surface area contributed by atoms with Gasteiger partial charge < -0.3 is 14.8 Å². The number of methoxy groups -OCH3 is 2. The molecule has 2 aliphatic heterocycles. The number of fused-ring (bicyclic) bond motifs is 2. The van der Waals surface area contributed by atoms with Gasteiger partial charge in [-0.15, -0.1) is 0 Å². The van der Waals surface area contributed by atoms with Crippen molar-refractivity contribution in [2.45, 2.75) is 30.7 Å². The van der Waals surface area contributed by atoms with Crippen LogP contribution in [0.15, 0.2) is 35.2 Å². The van der Waals surface area contributed by atoms with E-state index in [4.69, 9.17) is 9.47 Å². The van der Waals surface area contributed by atoms with Crippen molar-refractivity contribution in [2.75, 3.05) is 26.1 Å². The van der Waals surface area contributed by atoms with Crippen molar-refractivity contribution in [3.63, 3.8) is 0 Å². The minimum atomic E-state index is -3.64. The van der Waals surface area contributed by atoms with Gasteiger partial charge in [0, 0.05) is 25.2 Å². The fourth-order valence-electron chi connectivity index (χ4n) is 3.73. The second-order valence-corrected chi connectivity index (χ2v) is 8.87. The number of anilines is 1. The van der Waals surface area contributed by atoms with Crippen LogP contribution in [0.5, 0.6) is 11.5 Å². The standard InChI is InChI=1S/C20H22N2O5S/c1-26-18-10-13-7-8-22(12-15(13)11-19(18)27-2)28(24,25)16-4-5-17-14(9-16)3-6-20(23)21-17/h4-5,9-11H,3,6-8,12H2,1-2H3,(H,21,23). The van der Waals surface area contributed by atoms with Gasteiger partial charge in [-0.25, -0.2) is 8.42 Å². The average Bonchev–Trinajstić information content (AvgIpc) is 2.71. The molecule has 148 valence electrons. The van der Waals surface area contributed by atoms with E-state index < -0.39 is 10.0 Å². The van der Waals surface area contributed by atoms with E-state index in [2.05, 4.69) is 5.32 Å². The van der Waals surface area contributed by atoms with E-state index in [0.29, 0.717) is 43.0 Å². The molecular weight excluding hydrogens is 380 g/mol. The monoisotopic (exact) mass is 402 g/mol. The number of sulfonamides is 1. The molecule has 0 spiro atoms. The normalized spacial score (nSPS) is 16.7. The first-order chi connectivity index (χ1) is 13.4. The van der Waals surface area contributed by atoms with Gasteiger partial charge in [0.2, 0.25) is 15.9 Å². The third kappa shape index (κ3) is 3.22. The molecule has 7 nitrogen and oxygen atoms in total.